The number of hydrogen-bond acceptors (Lipinski definition) is 6. The Balaban J connectivity index is 1.85. The number of carboxylic acid groups (broad SMARTS) is 1. The van der Waals surface area contributed by atoms with E-state index in [1.54, 1.807) is 27.7 Å². The van der Waals surface area contributed by atoms with E-state index in [2.05, 4.69) is 0 Å². The van der Waals surface area contributed by atoms with Gasteiger partial charge in [-0.15, -0.1) is 0 Å². The number of Topliss-reactive ketones (excluding diaryl/α,β-unsaturated/α-hetero) is 1. The van der Waals surface area contributed by atoms with Crippen molar-refractivity contribution in [3.05, 3.63) is 23.8 Å². The minimum Gasteiger partial charge on any atom is -0.475 e. The maximum atomic E-state index is 17.2. The molecular formula is C26H33FO7. The molecule has 0 aromatic carbocycles. The standard InChI is InChI=1S/C26H33FO7/c1-5-6-20(30)34-26(21(31)22(32)33)14(2)11-18-17-8-7-15-12-16(28)9-10-23(15,3)25(17,27)19(29)13-24(18,26)4/h9-10,12,14,17-19,29H,5-8,11,13H2,1-4H3,(H,32,33)/t14?,17-,18-,19?,23-,24-,25-,26-/m0/s1. The molecule has 34 heavy (non-hydrogen) atoms. The molecule has 8 atom stereocenters. The van der Waals surface area contributed by atoms with Crippen LogP contribution < -0.4 is 0 Å². The van der Waals surface area contributed by atoms with Crippen LogP contribution in [0.3, 0.4) is 0 Å². The van der Waals surface area contributed by atoms with Gasteiger partial charge in [0, 0.05) is 29.1 Å². The van der Waals surface area contributed by atoms with Crippen molar-refractivity contribution in [2.45, 2.75) is 83.6 Å². The number of ketones is 2. The minimum atomic E-state index is -2.12. The summed E-state index contributed by atoms with van der Waals surface area (Å²) in [7, 11) is 0. The molecule has 0 amide bonds. The van der Waals surface area contributed by atoms with Gasteiger partial charge in [-0.25, -0.2) is 9.18 Å². The molecule has 0 aromatic heterocycles. The van der Waals surface area contributed by atoms with Gasteiger partial charge in [0.2, 0.25) is 0 Å². The lowest BCUT2D eigenvalue weighted by atomic mass is 9.44. The maximum absolute atomic E-state index is 17.2. The van der Waals surface area contributed by atoms with Crippen molar-refractivity contribution in [2.75, 3.05) is 0 Å². The average molecular weight is 477 g/mol. The highest BCUT2D eigenvalue weighted by Crippen LogP contribution is 2.71. The second kappa shape index (κ2) is 7.83. The SMILES string of the molecule is CCCC(=O)O[C@]1(C(=O)C(=O)O)C(C)C[C@H]2[C@@H]3CCC4=CC(=O)C=C[C@]4(C)[C@@]3(F)C(O)C[C@@]21C. The number of carboxylic acids is 1. The van der Waals surface area contributed by atoms with Crippen LogP contribution in [-0.2, 0) is 23.9 Å². The number of hydrogen-bond donors (Lipinski definition) is 2. The van der Waals surface area contributed by atoms with Gasteiger partial charge < -0.3 is 14.9 Å². The first-order valence-electron chi connectivity index (χ1n) is 12.1. The zero-order chi connectivity index (χ0) is 25.3. The Morgan fingerprint density at radius 1 is 1.24 bits per heavy atom. The number of carbonyl (C=O) groups excluding carboxylic acids is 3. The van der Waals surface area contributed by atoms with E-state index >= 15 is 4.39 Å². The molecular weight excluding hydrogens is 443 g/mol. The lowest BCUT2D eigenvalue weighted by molar-refractivity contribution is -0.228. The fraction of sp³-hybridized carbons (Fsp3) is 0.692. The summed E-state index contributed by atoms with van der Waals surface area (Å²) in [6.07, 6.45) is 4.08. The summed E-state index contributed by atoms with van der Waals surface area (Å²) < 4.78 is 23.0. The number of ether oxygens (including phenoxy) is 1. The summed E-state index contributed by atoms with van der Waals surface area (Å²) in [5, 5.41) is 21.1. The van der Waals surface area contributed by atoms with Crippen LogP contribution in [0.4, 0.5) is 4.39 Å². The van der Waals surface area contributed by atoms with Gasteiger partial charge in [0.25, 0.3) is 5.78 Å². The van der Waals surface area contributed by atoms with Crippen molar-refractivity contribution in [1.82, 2.24) is 0 Å². The number of aliphatic hydroxyl groups is 1. The summed E-state index contributed by atoms with van der Waals surface area (Å²) in [5.74, 6) is -5.71. The Hall–Kier alpha value is -2.35. The highest BCUT2D eigenvalue weighted by molar-refractivity contribution is 6.36. The van der Waals surface area contributed by atoms with Crippen molar-refractivity contribution in [2.24, 2.45) is 28.6 Å². The monoisotopic (exact) mass is 476 g/mol. The molecule has 0 aliphatic heterocycles. The van der Waals surface area contributed by atoms with Crippen LogP contribution in [0.1, 0.15) is 66.2 Å². The molecule has 4 aliphatic rings. The van der Waals surface area contributed by atoms with Crippen molar-refractivity contribution >= 4 is 23.5 Å². The minimum absolute atomic E-state index is 0.0200. The van der Waals surface area contributed by atoms with E-state index < -0.39 is 63.7 Å². The molecule has 0 aromatic rings. The molecule has 3 saturated carbocycles. The van der Waals surface area contributed by atoms with Gasteiger partial charge in [-0.1, -0.05) is 32.4 Å². The number of rotatable bonds is 5. The van der Waals surface area contributed by atoms with Gasteiger partial charge in [-0.2, -0.15) is 0 Å². The van der Waals surface area contributed by atoms with Crippen LogP contribution in [0.15, 0.2) is 23.8 Å². The van der Waals surface area contributed by atoms with E-state index in [4.69, 9.17) is 4.74 Å². The van der Waals surface area contributed by atoms with Crippen LogP contribution in [0.2, 0.25) is 0 Å². The Bertz CT molecular complexity index is 1020. The van der Waals surface area contributed by atoms with E-state index in [0.29, 0.717) is 24.8 Å². The third-order valence-electron chi connectivity index (χ3n) is 9.44. The first-order chi connectivity index (χ1) is 15.8. The Morgan fingerprint density at radius 3 is 2.53 bits per heavy atom. The highest BCUT2D eigenvalue weighted by Gasteiger charge is 2.78. The smallest absolute Gasteiger partial charge is 0.376 e. The van der Waals surface area contributed by atoms with Gasteiger partial charge in [0.15, 0.2) is 17.1 Å². The zero-order valence-corrected chi connectivity index (χ0v) is 20.1. The molecule has 4 aliphatic carbocycles. The Kier molecular flexibility index (Phi) is 5.71. The fourth-order valence-corrected chi connectivity index (χ4v) is 7.87. The quantitative estimate of drug-likeness (QED) is 0.462. The van der Waals surface area contributed by atoms with Crippen LogP contribution in [0, 0.1) is 28.6 Å². The van der Waals surface area contributed by atoms with Gasteiger partial charge in [0.05, 0.1) is 6.10 Å². The molecule has 0 bridgehead atoms. The molecule has 186 valence electrons. The highest BCUT2D eigenvalue weighted by atomic mass is 19.1. The molecule has 4 rings (SSSR count). The number of carbonyl (C=O) groups is 4. The summed E-state index contributed by atoms with van der Waals surface area (Å²) in [6.45, 7) is 6.80. The fourth-order valence-electron chi connectivity index (χ4n) is 7.87. The van der Waals surface area contributed by atoms with E-state index in [1.165, 1.54) is 18.2 Å². The predicted octanol–water partition coefficient (Wildman–Crippen LogP) is 3.34. The number of halogens is 1. The number of esters is 1. The number of alkyl halides is 1. The van der Waals surface area contributed by atoms with Crippen molar-refractivity contribution in [3.8, 4) is 0 Å². The molecule has 0 radical (unpaired) electrons. The molecule has 7 nitrogen and oxygen atoms in total. The molecule has 2 N–H and O–H groups in total. The van der Waals surface area contributed by atoms with Gasteiger partial charge in [-0.05, 0) is 57.1 Å². The first-order valence-corrected chi connectivity index (χ1v) is 12.1. The van der Waals surface area contributed by atoms with Crippen molar-refractivity contribution < 1.29 is 38.5 Å². The van der Waals surface area contributed by atoms with Crippen LogP contribution in [-0.4, -0.2) is 51.1 Å². The average Bonchev–Trinajstić information content (AvgIpc) is 2.96. The summed E-state index contributed by atoms with van der Waals surface area (Å²) >= 11 is 0. The van der Waals surface area contributed by atoms with Gasteiger partial charge in [-0.3, -0.25) is 14.4 Å². The lowest BCUT2D eigenvalue weighted by Gasteiger charge is -2.62. The van der Waals surface area contributed by atoms with Crippen molar-refractivity contribution in [1.29, 1.82) is 0 Å². The third-order valence-corrected chi connectivity index (χ3v) is 9.44. The van der Waals surface area contributed by atoms with E-state index in [-0.39, 0.29) is 25.0 Å². The summed E-state index contributed by atoms with van der Waals surface area (Å²) in [6, 6.07) is 0. The summed E-state index contributed by atoms with van der Waals surface area (Å²) in [5.41, 5.74) is -5.94. The molecule has 3 fully saturated rings. The molecule has 8 heteroatoms. The van der Waals surface area contributed by atoms with E-state index in [1.807, 2.05) is 0 Å². The molecule has 0 heterocycles. The second-order valence-electron chi connectivity index (χ2n) is 11.0. The largest absolute Gasteiger partial charge is 0.475 e. The first kappa shape index (κ1) is 24.8. The second-order valence-corrected chi connectivity index (χ2v) is 11.0. The molecule has 2 unspecified atom stereocenters. The normalized spacial score (nSPS) is 45.0. The number of fused-ring (bicyclic) bond motifs is 5. The molecule has 0 spiro atoms. The summed E-state index contributed by atoms with van der Waals surface area (Å²) in [4.78, 5) is 49.8. The van der Waals surface area contributed by atoms with Crippen LogP contribution in [0.5, 0.6) is 0 Å². The Labute approximate surface area is 198 Å². The van der Waals surface area contributed by atoms with E-state index in [9.17, 15) is 29.4 Å². The molecule has 0 saturated heterocycles. The number of aliphatic hydroxyl groups excluding tert-OH is 1. The predicted molar refractivity (Wildman–Crippen MR) is 119 cm³/mol. The third kappa shape index (κ3) is 2.90. The van der Waals surface area contributed by atoms with Crippen LogP contribution >= 0.6 is 0 Å². The maximum Gasteiger partial charge on any atom is 0.376 e. The van der Waals surface area contributed by atoms with Crippen molar-refractivity contribution in [3.63, 3.8) is 0 Å². The number of aliphatic carboxylic acids is 1. The van der Waals surface area contributed by atoms with Gasteiger partial charge in [0.1, 0.15) is 0 Å². The topological polar surface area (TPSA) is 118 Å². The van der Waals surface area contributed by atoms with Crippen LogP contribution in [0.25, 0.3) is 0 Å². The Morgan fingerprint density at radius 2 is 1.91 bits per heavy atom. The lowest BCUT2D eigenvalue weighted by Crippen LogP contribution is -2.70. The number of allylic oxidation sites excluding steroid dienone is 4. The zero-order valence-electron chi connectivity index (χ0n) is 20.1. The van der Waals surface area contributed by atoms with E-state index in [0.717, 1.165) is 0 Å². The van der Waals surface area contributed by atoms with Gasteiger partial charge >= 0.3 is 11.9 Å².